The van der Waals surface area contributed by atoms with Crippen LogP contribution in [0.15, 0.2) is 36.4 Å². The summed E-state index contributed by atoms with van der Waals surface area (Å²) in [4.78, 5) is 11.6. The molecule has 2 aromatic carbocycles. The highest BCUT2D eigenvalue weighted by molar-refractivity contribution is 6.32. The standard InChI is InChI=1S/C18H16ClNO4/c1-3-23-18(21)10-12-5-7-15(22-2)17(8-12)24-16-9-13(11-20)4-6-14(16)19/h4-9H,3,10H2,1-2H3. The number of hydrogen-bond donors (Lipinski definition) is 0. The second-order valence-corrected chi connectivity index (χ2v) is 5.23. The SMILES string of the molecule is CCOC(=O)Cc1ccc(OC)c(Oc2cc(C#N)ccc2Cl)c1. The third-order valence-electron chi connectivity index (χ3n) is 3.16. The predicted octanol–water partition coefficient (Wildman–Crippen LogP) is 4.12. The number of rotatable bonds is 6. The molecule has 0 aliphatic rings. The van der Waals surface area contributed by atoms with Gasteiger partial charge in [0.05, 0.1) is 36.8 Å². The van der Waals surface area contributed by atoms with Crippen LogP contribution >= 0.6 is 11.6 Å². The summed E-state index contributed by atoms with van der Waals surface area (Å²) >= 11 is 6.11. The zero-order valence-electron chi connectivity index (χ0n) is 13.3. The van der Waals surface area contributed by atoms with E-state index in [1.165, 1.54) is 7.11 Å². The van der Waals surface area contributed by atoms with E-state index >= 15 is 0 Å². The van der Waals surface area contributed by atoms with Gasteiger partial charge in [0.2, 0.25) is 0 Å². The van der Waals surface area contributed by atoms with Crippen LogP contribution in [0, 0.1) is 11.3 Å². The molecule has 0 aliphatic carbocycles. The first-order chi connectivity index (χ1) is 11.6. The van der Waals surface area contributed by atoms with Crippen LogP contribution < -0.4 is 9.47 Å². The van der Waals surface area contributed by atoms with E-state index in [4.69, 9.17) is 31.1 Å². The van der Waals surface area contributed by atoms with Crippen molar-refractivity contribution in [2.75, 3.05) is 13.7 Å². The molecule has 5 nitrogen and oxygen atoms in total. The van der Waals surface area contributed by atoms with Gasteiger partial charge in [0.25, 0.3) is 0 Å². The van der Waals surface area contributed by atoms with Gasteiger partial charge in [-0.25, -0.2) is 0 Å². The molecule has 0 saturated carbocycles. The smallest absolute Gasteiger partial charge is 0.310 e. The molecule has 0 aliphatic heterocycles. The molecule has 0 amide bonds. The molecule has 0 unspecified atom stereocenters. The molecule has 0 N–H and O–H groups in total. The third-order valence-corrected chi connectivity index (χ3v) is 3.47. The lowest BCUT2D eigenvalue weighted by Gasteiger charge is -2.13. The molecular weight excluding hydrogens is 330 g/mol. The van der Waals surface area contributed by atoms with E-state index in [0.717, 1.165) is 5.56 Å². The largest absolute Gasteiger partial charge is 0.493 e. The minimum Gasteiger partial charge on any atom is -0.493 e. The Labute approximate surface area is 145 Å². The Kier molecular flexibility index (Phi) is 6.05. The Bertz CT molecular complexity index is 783. The topological polar surface area (TPSA) is 68.6 Å². The molecule has 0 aromatic heterocycles. The van der Waals surface area contributed by atoms with Crippen LogP contribution in [0.25, 0.3) is 0 Å². The summed E-state index contributed by atoms with van der Waals surface area (Å²) in [5, 5.41) is 9.36. The highest BCUT2D eigenvalue weighted by Gasteiger charge is 2.12. The van der Waals surface area contributed by atoms with E-state index in [9.17, 15) is 4.79 Å². The van der Waals surface area contributed by atoms with Crippen molar-refractivity contribution < 1.29 is 19.0 Å². The highest BCUT2D eigenvalue weighted by atomic mass is 35.5. The average molecular weight is 346 g/mol. The van der Waals surface area contributed by atoms with Gasteiger partial charge in [-0.05, 0) is 36.8 Å². The van der Waals surface area contributed by atoms with Crippen molar-refractivity contribution in [2.24, 2.45) is 0 Å². The minimum atomic E-state index is -0.321. The van der Waals surface area contributed by atoms with Crippen LogP contribution in [-0.4, -0.2) is 19.7 Å². The van der Waals surface area contributed by atoms with Crippen molar-refractivity contribution in [3.8, 4) is 23.3 Å². The van der Waals surface area contributed by atoms with E-state index < -0.39 is 0 Å². The van der Waals surface area contributed by atoms with Crippen molar-refractivity contribution in [3.63, 3.8) is 0 Å². The molecule has 0 saturated heterocycles. The number of benzene rings is 2. The summed E-state index contributed by atoms with van der Waals surface area (Å²) in [7, 11) is 1.51. The highest BCUT2D eigenvalue weighted by Crippen LogP contribution is 2.36. The summed E-state index contributed by atoms with van der Waals surface area (Å²) in [5.74, 6) is 0.901. The fraction of sp³-hybridized carbons (Fsp3) is 0.222. The van der Waals surface area contributed by atoms with Gasteiger partial charge in [0.1, 0.15) is 5.75 Å². The second-order valence-electron chi connectivity index (χ2n) is 4.83. The molecule has 0 atom stereocenters. The monoisotopic (exact) mass is 345 g/mol. The maximum atomic E-state index is 11.6. The van der Waals surface area contributed by atoms with E-state index in [1.54, 1.807) is 43.3 Å². The van der Waals surface area contributed by atoms with E-state index in [2.05, 4.69) is 0 Å². The number of halogens is 1. The maximum Gasteiger partial charge on any atom is 0.310 e. The second kappa shape index (κ2) is 8.23. The van der Waals surface area contributed by atoms with Crippen molar-refractivity contribution in [1.29, 1.82) is 5.26 Å². The molecule has 124 valence electrons. The van der Waals surface area contributed by atoms with Crippen LogP contribution in [0.1, 0.15) is 18.1 Å². The van der Waals surface area contributed by atoms with Crippen LogP contribution in [-0.2, 0) is 16.0 Å². The number of carbonyl (C=O) groups is 1. The lowest BCUT2D eigenvalue weighted by Crippen LogP contribution is -2.07. The molecule has 2 rings (SSSR count). The van der Waals surface area contributed by atoms with Crippen molar-refractivity contribution in [2.45, 2.75) is 13.3 Å². The van der Waals surface area contributed by atoms with E-state index in [-0.39, 0.29) is 12.4 Å². The van der Waals surface area contributed by atoms with Crippen LogP contribution in [0.5, 0.6) is 17.2 Å². The summed E-state index contributed by atoms with van der Waals surface area (Å²) in [6.07, 6.45) is 0.125. The first-order valence-electron chi connectivity index (χ1n) is 7.27. The molecule has 2 aromatic rings. The van der Waals surface area contributed by atoms with Crippen molar-refractivity contribution >= 4 is 17.6 Å². The van der Waals surface area contributed by atoms with Gasteiger partial charge < -0.3 is 14.2 Å². The predicted molar refractivity (Wildman–Crippen MR) is 89.6 cm³/mol. The van der Waals surface area contributed by atoms with E-state index in [0.29, 0.717) is 34.4 Å². The molecule has 0 spiro atoms. The Hall–Kier alpha value is -2.71. The number of hydrogen-bond acceptors (Lipinski definition) is 5. The van der Waals surface area contributed by atoms with Crippen molar-refractivity contribution in [3.05, 3.63) is 52.5 Å². The number of methoxy groups -OCH3 is 1. The number of nitrogens with zero attached hydrogens (tertiary/aromatic N) is 1. The average Bonchev–Trinajstić information content (AvgIpc) is 2.57. The summed E-state index contributed by atoms with van der Waals surface area (Å²) in [6, 6.07) is 11.9. The van der Waals surface area contributed by atoms with Gasteiger partial charge in [-0.2, -0.15) is 5.26 Å². The first kappa shape index (κ1) is 17.6. The maximum absolute atomic E-state index is 11.6. The number of carbonyl (C=O) groups excluding carboxylic acids is 1. The quantitative estimate of drug-likeness (QED) is 0.737. The molecule has 0 heterocycles. The Balaban J connectivity index is 2.31. The van der Waals surface area contributed by atoms with Gasteiger partial charge in [-0.3, -0.25) is 4.79 Å². The fourth-order valence-corrected chi connectivity index (χ4v) is 2.22. The molecular formula is C18H16ClNO4. The number of nitriles is 1. The third kappa shape index (κ3) is 4.40. The van der Waals surface area contributed by atoms with Crippen molar-refractivity contribution in [1.82, 2.24) is 0 Å². The van der Waals surface area contributed by atoms with Crippen LogP contribution in [0.3, 0.4) is 0 Å². The molecule has 6 heteroatoms. The Morgan fingerprint density at radius 3 is 2.62 bits per heavy atom. The molecule has 0 fully saturated rings. The normalized spacial score (nSPS) is 9.92. The summed E-state index contributed by atoms with van der Waals surface area (Å²) in [5.41, 5.74) is 1.15. The number of ether oxygens (including phenoxy) is 3. The Morgan fingerprint density at radius 1 is 1.17 bits per heavy atom. The lowest BCUT2D eigenvalue weighted by atomic mass is 10.1. The molecule has 24 heavy (non-hydrogen) atoms. The summed E-state index contributed by atoms with van der Waals surface area (Å²) < 4.78 is 16.0. The Morgan fingerprint density at radius 2 is 1.96 bits per heavy atom. The minimum absolute atomic E-state index is 0.125. The van der Waals surface area contributed by atoms with E-state index in [1.807, 2.05) is 6.07 Å². The molecule has 0 bridgehead atoms. The first-order valence-corrected chi connectivity index (χ1v) is 7.65. The lowest BCUT2D eigenvalue weighted by molar-refractivity contribution is -0.142. The summed E-state index contributed by atoms with van der Waals surface area (Å²) in [6.45, 7) is 2.08. The van der Waals surface area contributed by atoms with Gasteiger partial charge in [-0.15, -0.1) is 0 Å². The van der Waals surface area contributed by atoms with Gasteiger partial charge in [0, 0.05) is 6.07 Å². The fourth-order valence-electron chi connectivity index (χ4n) is 2.06. The zero-order valence-corrected chi connectivity index (χ0v) is 14.1. The van der Waals surface area contributed by atoms with Gasteiger partial charge in [-0.1, -0.05) is 17.7 Å². The number of esters is 1. The van der Waals surface area contributed by atoms with Crippen LogP contribution in [0.2, 0.25) is 5.02 Å². The van der Waals surface area contributed by atoms with Crippen LogP contribution in [0.4, 0.5) is 0 Å². The molecule has 0 radical (unpaired) electrons. The zero-order chi connectivity index (χ0) is 17.5. The van der Waals surface area contributed by atoms with Gasteiger partial charge >= 0.3 is 5.97 Å². The van der Waals surface area contributed by atoms with Gasteiger partial charge in [0.15, 0.2) is 11.5 Å².